The highest BCUT2D eigenvalue weighted by Crippen LogP contribution is 2.29. The number of para-hydroxylation sites is 1. The van der Waals surface area contributed by atoms with Crippen molar-refractivity contribution >= 4 is 46.9 Å². The number of benzene rings is 3. The van der Waals surface area contributed by atoms with Gasteiger partial charge in [0.05, 0.1) is 15.6 Å². The molecular formula is C24H16ClN3O6. The lowest BCUT2D eigenvalue weighted by molar-refractivity contribution is -0.384. The van der Waals surface area contributed by atoms with Crippen LogP contribution in [0.4, 0.5) is 16.2 Å². The molecule has 0 bridgehead atoms. The van der Waals surface area contributed by atoms with E-state index in [1.807, 2.05) is 0 Å². The highest BCUT2D eigenvalue weighted by Gasteiger charge is 2.36. The van der Waals surface area contributed by atoms with Gasteiger partial charge in [-0.2, -0.15) is 0 Å². The standard InChI is InChI=1S/C24H16ClN3O6/c25-20-13-15(9-10-21(20)34-14-16-5-4-8-18(11-16)28(32)33)12-19-22(29)26-24(31)27(23(19)30)17-6-2-1-3-7-17/h1-13H,14H2,(H,26,29,31)/b19-12+. The zero-order valence-electron chi connectivity index (χ0n) is 17.4. The quantitative estimate of drug-likeness (QED) is 0.242. The summed E-state index contributed by atoms with van der Waals surface area (Å²) in [6, 6.07) is 18.1. The number of carbonyl (C=O) groups is 3. The topological polar surface area (TPSA) is 119 Å². The van der Waals surface area contributed by atoms with Gasteiger partial charge >= 0.3 is 6.03 Å². The summed E-state index contributed by atoms with van der Waals surface area (Å²) in [7, 11) is 0. The first kappa shape index (κ1) is 22.7. The summed E-state index contributed by atoms with van der Waals surface area (Å²) >= 11 is 6.30. The van der Waals surface area contributed by atoms with Crippen molar-refractivity contribution < 1.29 is 24.0 Å². The van der Waals surface area contributed by atoms with E-state index in [0.29, 0.717) is 22.6 Å². The third-order valence-corrected chi connectivity index (χ3v) is 5.19. The van der Waals surface area contributed by atoms with Crippen LogP contribution in [0.1, 0.15) is 11.1 Å². The molecule has 0 aliphatic carbocycles. The molecule has 170 valence electrons. The summed E-state index contributed by atoms with van der Waals surface area (Å²) in [5.41, 5.74) is 1.07. The number of urea groups is 1. The molecule has 4 amide bonds. The molecule has 1 N–H and O–H groups in total. The molecule has 1 heterocycles. The Morgan fingerprint density at radius 2 is 1.76 bits per heavy atom. The Hall–Kier alpha value is -4.50. The van der Waals surface area contributed by atoms with E-state index in [9.17, 15) is 24.5 Å². The van der Waals surface area contributed by atoms with E-state index < -0.39 is 22.8 Å². The maximum Gasteiger partial charge on any atom is 0.335 e. The predicted octanol–water partition coefficient (Wildman–Crippen LogP) is 4.49. The Bertz CT molecular complexity index is 1340. The number of non-ortho nitro benzene ring substituents is 1. The van der Waals surface area contributed by atoms with Gasteiger partial charge < -0.3 is 4.74 Å². The number of nitrogens with zero attached hydrogens (tertiary/aromatic N) is 2. The molecule has 3 aromatic rings. The van der Waals surface area contributed by atoms with Crippen LogP contribution in [0.15, 0.2) is 78.4 Å². The molecule has 1 saturated heterocycles. The SMILES string of the molecule is O=C1NC(=O)N(c2ccccc2)C(=O)/C1=C/c1ccc(OCc2cccc([N+](=O)[O-])c2)c(Cl)c1. The summed E-state index contributed by atoms with van der Waals surface area (Å²) in [6.07, 6.45) is 1.33. The Balaban J connectivity index is 1.54. The molecule has 34 heavy (non-hydrogen) atoms. The van der Waals surface area contributed by atoms with Crippen molar-refractivity contribution in [1.29, 1.82) is 0 Å². The monoisotopic (exact) mass is 477 g/mol. The normalized spacial score (nSPS) is 14.8. The second-order valence-electron chi connectivity index (χ2n) is 7.20. The summed E-state index contributed by atoms with van der Waals surface area (Å²) < 4.78 is 5.66. The van der Waals surface area contributed by atoms with Crippen LogP contribution >= 0.6 is 11.6 Å². The lowest BCUT2D eigenvalue weighted by Gasteiger charge is -2.26. The largest absolute Gasteiger partial charge is 0.487 e. The molecule has 0 saturated carbocycles. The van der Waals surface area contributed by atoms with E-state index in [-0.39, 0.29) is 22.9 Å². The molecule has 0 unspecified atom stereocenters. The number of imide groups is 2. The lowest BCUT2D eigenvalue weighted by atomic mass is 10.1. The number of halogens is 1. The van der Waals surface area contributed by atoms with Crippen LogP contribution in [0.5, 0.6) is 5.75 Å². The molecule has 0 aromatic heterocycles. The number of nitrogens with one attached hydrogen (secondary N) is 1. The number of hydrogen-bond acceptors (Lipinski definition) is 6. The van der Waals surface area contributed by atoms with E-state index in [0.717, 1.165) is 4.90 Å². The van der Waals surface area contributed by atoms with Gasteiger partial charge in [-0.25, -0.2) is 9.69 Å². The maximum absolute atomic E-state index is 12.9. The summed E-state index contributed by atoms with van der Waals surface area (Å²) in [4.78, 5) is 48.8. The van der Waals surface area contributed by atoms with E-state index in [1.54, 1.807) is 54.6 Å². The van der Waals surface area contributed by atoms with Crippen molar-refractivity contribution in [2.75, 3.05) is 4.90 Å². The smallest absolute Gasteiger partial charge is 0.335 e. The zero-order chi connectivity index (χ0) is 24.2. The van der Waals surface area contributed by atoms with Crippen molar-refractivity contribution in [3.05, 3.63) is 105 Å². The van der Waals surface area contributed by atoms with Crippen LogP contribution in [0.3, 0.4) is 0 Å². The Morgan fingerprint density at radius 1 is 1.00 bits per heavy atom. The van der Waals surface area contributed by atoms with Crippen LogP contribution in [-0.2, 0) is 16.2 Å². The second kappa shape index (κ2) is 9.55. The third-order valence-electron chi connectivity index (χ3n) is 4.90. The fourth-order valence-electron chi connectivity index (χ4n) is 3.28. The van der Waals surface area contributed by atoms with Gasteiger partial charge in [0.15, 0.2) is 0 Å². The number of nitro benzene ring substituents is 1. The first-order valence-electron chi connectivity index (χ1n) is 9.95. The van der Waals surface area contributed by atoms with Gasteiger partial charge in [-0.3, -0.25) is 25.0 Å². The molecule has 1 aliphatic heterocycles. The number of ether oxygens (including phenoxy) is 1. The first-order chi connectivity index (χ1) is 16.3. The zero-order valence-corrected chi connectivity index (χ0v) is 18.2. The third kappa shape index (κ3) is 4.79. The summed E-state index contributed by atoms with van der Waals surface area (Å²) in [6.45, 7) is 0.0525. The maximum atomic E-state index is 12.9. The van der Waals surface area contributed by atoms with Crippen molar-refractivity contribution in [3.63, 3.8) is 0 Å². The van der Waals surface area contributed by atoms with E-state index >= 15 is 0 Å². The van der Waals surface area contributed by atoms with Gasteiger partial charge in [-0.15, -0.1) is 0 Å². The molecule has 0 spiro atoms. The molecule has 0 radical (unpaired) electrons. The number of barbiturate groups is 1. The number of rotatable bonds is 6. The minimum Gasteiger partial charge on any atom is -0.487 e. The second-order valence-corrected chi connectivity index (χ2v) is 7.61. The number of amides is 4. The van der Waals surface area contributed by atoms with Crippen LogP contribution in [0, 0.1) is 10.1 Å². The van der Waals surface area contributed by atoms with Crippen molar-refractivity contribution in [1.82, 2.24) is 5.32 Å². The first-order valence-corrected chi connectivity index (χ1v) is 10.3. The molecule has 10 heteroatoms. The number of carbonyl (C=O) groups excluding carboxylic acids is 3. The number of anilines is 1. The summed E-state index contributed by atoms with van der Waals surface area (Å²) in [5.74, 6) is -1.26. The van der Waals surface area contributed by atoms with E-state index in [1.165, 1.54) is 24.3 Å². The van der Waals surface area contributed by atoms with Crippen molar-refractivity contribution in [2.45, 2.75) is 6.61 Å². The van der Waals surface area contributed by atoms with Gasteiger partial charge in [0, 0.05) is 12.1 Å². The Morgan fingerprint density at radius 3 is 2.47 bits per heavy atom. The molecule has 1 fully saturated rings. The number of nitro groups is 1. The van der Waals surface area contributed by atoms with Gasteiger partial charge in [0.2, 0.25) is 0 Å². The molecule has 9 nitrogen and oxygen atoms in total. The van der Waals surface area contributed by atoms with Crippen molar-refractivity contribution in [3.8, 4) is 5.75 Å². The van der Waals surface area contributed by atoms with Gasteiger partial charge in [0.1, 0.15) is 17.9 Å². The number of hydrogen-bond donors (Lipinski definition) is 1. The highest BCUT2D eigenvalue weighted by molar-refractivity contribution is 6.39. The van der Waals surface area contributed by atoms with E-state index in [4.69, 9.17) is 16.3 Å². The Kier molecular flexibility index (Phi) is 6.37. The highest BCUT2D eigenvalue weighted by atomic mass is 35.5. The van der Waals surface area contributed by atoms with Crippen LogP contribution in [0.25, 0.3) is 6.08 Å². The van der Waals surface area contributed by atoms with Gasteiger partial charge in [-0.05, 0) is 41.5 Å². The van der Waals surface area contributed by atoms with Gasteiger partial charge in [0.25, 0.3) is 17.5 Å². The minimum absolute atomic E-state index is 0.0485. The molecule has 1 aliphatic rings. The molecule has 0 atom stereocenters. The average Bonchev–Trinajstić information content (AvgIpc) is 2.82. The molecule has 4 rings (SSSR count). The van der Waals surface area contributed by atoms with Crippen LogP contribution in [-0.4, -0.2) is 22.8 Å². The Labute approximate surface area is 198 Å². The fraction of sp³-hybridized carbons (Fsp3) is 0.0417. The van der Waals surface area contributed by atoms with E-state index in [2.05, 4.69) is 5.32 Å². The van der Waals surface area contributed by atoms with Gasteiger partial charge in [-0.1, -0.05) is 48.0 Å². The van der Waals surface area contributed by atoms with Crippen LogP contribution < -0.4 is 15.0 Å². The predicted molar refractivity (Wildman–Crippen MR) is 124 cm³/mol. The van der Waals surface area contributed by atoms with Crippen molar-refractivity contribution in [2.24, 2.45) is 0 Å². The average molecular weight is 478 g/mol. The van der Waals surface area contributed by atoms with Crippen LogP contribution in [0.2, 0.25) is 5.02 Å². The molecular weight excluding hydrogens is 462 g/mol. The fourth-order valence-corrected chi connectivity index (χ4v) is 3.52. The minimum atomic E-state index is -0.832. The summed E-state index contributed by atoms with van der Waals surface area (Å²) in [5, 5.41) is 13.3. The molecule has 3 aromatic carbocycles. The lowest BCUT2D eigenvalue weighted by Crippen LogP contribution is -2.54.